The highest BCUT2D eigenvalue weighted by molar-refractivity contribution is 5.96. The first kappa shape index (κ1) is 37.5. The molecule has 0 fully saturated rings. The molecule has 1 atom stereocenters. The molecule has 0 saturated carbocycles. The third kappa shape index (κ3) is 12.3. The summed E-state index contributed by atoms with van der Waals surface area (Å²) in [5.74, 6) is -6.93. The maximum absolute atomic E-state index is 12.3. The Kier molecular flexibility index (Phi) is 13.2. The van der Waals surface area contributed by atoms with Crippen molar-refractivity contribution in [2.45, 2.75) is 31.4 Å². The first-order chi connectivity index (χ1) is 20.7. The van der Waals surface area contributed by atoms with Gasteiger partial charge in [-0.1, -0.05) is 0 Å². The van der Waals surface area contributed by atoms with Gasteiger partial charge in [-0.15, -0.1) is 0 Å². The van der Waals surface area contributed by atoms with E-state index in [1.165, 1.54) is 0 Å². The number of halogens is 6. The van der Waals surface area contributed by atoms with Gasteiger partial charge < -0.3 is 42.7 Å². The van der Waals surface area contributed by atoms with Crippen LogP contribution in [0.5, 0.6) is 0 Å². The Balaban J connectivity index is 0.000000601. The van der Waals surface area contributed by atoms with Crippen molar-refractivity contribution in [1.82, 2.24) is 25.3 Å². The zero-order chi connectivity index (χ0) is 34.7. The second kappa shape index (κ2) is 15.8. The van der Waals surface area contributed by atoms with Crippen LogP contribution in [0.3, 0.4) is 0 Å². The van der Waals surface area contributed by atoms with E-state index in [9.17, 15) is 35.9 Å². The topological polar surface area (TPSA) is 274 Å². The number of nitrogens with one attached hydrogen (secondary N) is 1. The molecule has 0 saturated heterocycles. The molecule has 0 aliphatic heterocycles. The Morgan fingerprint density at radius 1 is 0.911 bits per heavy atom. The van der Waals surface area contributed by atoms with Crippen LogP contribution in [0.1, 0.15) is 22.5 Å². The number of amides is 1. The Morgan fingerprint density at radius 2 is 1.42 bits per heavy atom. The van der Waals surface area contributed by atoms with Crippen LogP contribution in [0.25, 0.3) is 11.2 Å². The van der Waals surface area contributed by atoms with Crippen LogP contribution in [0.15, 0.2) is 30.5 Å². The lowest BCUT2D eigenvalue weighted by Gasteiger charge is -2.19. The summed E-state index contributed by atoms with van der Waals surface area (Å²) in [7, 11) is 1.85. The van der Waals surface area contributed by atoms with Crippen LogP contribution >= 0.6 is 0 Å². The second-order valence-electron chi connectivity index (χ2n) is 8.45. The van der Waals surface area contributed by atoms with E-state index >= 15 is 0 Å². The summed E-state index contributed by atoms with van der Waals surface area (Å²) in [6.45, 7) is 0.569. The van der Waals surface area contributed by atoms with Crippen molar-refractivity contribution in [3.63, 3.8) is 0 Å². The van der Waals surface area contributed by atoms with Gasteiger partial charge in [0, 0.05) is 18.3 Å². The Morgan fingerprint density at radius 3 is 1.87 bits per heavy atom. The summed E-state index contributed by atoms with van der Waals surface area (Å²) in [5, 5.41) is 25.9. The number of carbonyl (C=O) groups excluding carboxylic acids is 1. The zero-order valence-electron chi connectivity index (χ0n) is 22.8. The lowest BCUT2D eigenvalue weighted by atomic mass is 10.1. The minimum atomic E-state index is -5.08. The van der Waals surface area contributed by atoms with Gasteiger partial charge in [-0.3, -0.25) is 4.79 Å². The molecule has 10 N–H and O–H groups in total. The molecular formula is C23H25F6N9O7. The van der Waals surface area contributed by atoms with Crippen LogP contribution in [0.4, 0.5) is 43.8 Å². The number of rotatable bonds is 8. The van der Waals surface area contributed by atoms with E-state index in [1.54, 1.807) is 30.5 Å². The first-order valence-corrected chi connectivity index (χ1v) is 11.9. The number of aliphatic carboxylic acids is 3. The molecule has 0 radical (unpaired) electrons. The standard InChI is InChI=1S/C19H23N9O3.2C2HF3O2/c1-28(9-11-8-23-16-14(24-11)15(21)26-19(22)27-16)12-4-2-10(3-5-12)17(29)25-13(6-7-20)18(30)31;2*3-2(4,5)1(6)7/h2-5,8,13H,6-7,9,20H2,1H3,(H,25,29)(H,30,31)(H4,21,22,23,26,27);2*(H,6,7). The lowest BCUT2D eigenvalue weighted by Crippen LogP contribution is -2.42. The maximum atomic E-state index is 12.3. The molecule has 2 aromatic heterocycles. The molecule has 16 nitrogen and oxygen atoms in total. The van der Waals surface area contributed by atoms with Crippen LogP contribution in [0.2, 0.25) is 0 Å². The highest BCUT2D eigenvalue weighted by atomic mass is 19.4. The third-order valence-corrected chi connectivity index (χ3v) is 5.01. The number of carboxylic acids is 3. The number of alkyl halides is 6. The number of fused-ring (bicyclic) bond motifs is 1. The summed E-state index contributed by atoms with van der Waals surface area (Å²) in [5.41, 5.74) is 19.3. The predicted octanol–water partition coefficient (Wildman–Crippen LogP) is 1.02. The molecule has 1 aromatic carbocycles. The van der Waals surface area contributed by atoms with Gasteiger partial charge in [-0.05, 0) is 37.2 Å². The number of anilines is 3. The van der Waals surface area contributed by atoms with Crippen molar-refractivity contribution in [3.8, 4) is 0 Å². The molecule has 0 aliphatic carbocycles. The molecule has 22 heteroatoms. The minimum absolute atomic E-state index is 0.0333. The molecule has 1 amide bonds. The predicted molar refractivity (Wildman–Crippen MR) is 142 cm³/mol. The summed E-state index contributed by atoms with van der Waals surface area (Å²) in [6.07, 6.45) is -8.44. The van der Waals surface area contributed by atoms with Gasteiger partial charge in [0.05, 0.1) is 18.4 Å². The minimum Gasteiger partial charge on any atom is -0.480 e. The van der Waals surface area contributed by atoms with Gasteiger partial charge >= 0.3 is 30.3 Å². The number of nitrogens with zero attached hydrogens (tertiary/aromatic N) is 5. The van der Waals surface area contributed by atoms with Crippen molar-refractivity contribution in [3.05, 3.63) is 41.7 Å². The first-order valence-electron chi connectivity index (χ1n) is 11.9. The van der Waals surface area contributed by atoms with E-state index in [2.05, 4.69) is 25.3 Å². The SMILES string of the molecule is CN(Cc1cnc2nc(N)nc(N)c2n1)c1ccc(C(=O)NC(CCN)C(=O)O)cc1.O=C(O)C(F)(F)F.O=C(O)C(F)(F)F. The van der Waals surface area contributed by atoms with Crippen LogP contribution in [-0.2, 0) is 20.9 Å². The van der Waals surface area contributed by atoms with E-state index < -0.39 is 42.2 Å². The van der Waals surface area contributed by atoms with E-state index in [-0.39, 0.29) is 24.7 Å². The fourth-order valence-corrected chi connectivity index (χ4v) is 2.93. The van der Waals surface area contributed by atoms with E-state index in [4.69, 9.17) is 42.1 Å². The largest absolute Gasteiger partial charge is 0.490 e. The van der Waals surface area contributed by atoms with Gasteiger partial charge in [0.1, 0.15) is 6.04 Å². The van der Waals surface area contributed by atoms with Gasteiger partial charge in [0.25, 0.3) is 5.91 Å². The van der Waals surface area contributed by atoms with E-state index in [0.717, 1.165) is 5.69 Å². The number of carbonyl (C=O) groups is 4. The fraction of sp³-hybridized carbons (Fsp3) is 0.304. The van der Waals surface area contributed by atoms with Crippen LogP contribution in [0, 0.1) is 0 Å². The number of hydrogen-bond acceptors (Lipinski definition) is 12. The summed E-state index contributed by atoms with van der Waals surface area (Å²) in [4.78, 5) is 59.8. The molecule has 45 heavy (non-hydrogen) atoms. The van der Waals surface area contributed by atoms with Crippen molar-refractivity contribution >= 4 is 52.4 Å². The summed E-state index contributed by atoms with van der Waals surface area (Å²) >= 11 is 0. The fourth-order valence-electron chi connectivity index (χ4n) is 2.93. The summed E-state index contributed by atoms with van der Waals surface area (Å²) < 4.78 is 63.5. The number of nitrogen functional groups attached to an aromatic ring is 2. The molecule has 3 rings (SSSR count). The third-order valence-electron chi connectivity index (χ3n) is 5.01. The van der Waals surface area contributed by atoms with Gasteiger partial charge in [-0.25, -0.2) is 24.4 Å². The average molecular weight is 653 g/mol. The Bertz CT molecular complexity index is 1480. The highest BCUT2D eigenvalue weighted by Crippen LogP contribution is 2.19. The average Bonchev–Trinajstić information content (AvgIpc) is 2.92. The van der Waals surface area contributed by atoms with Crippen molar-refractivity contribution in [1.29, 1.82) is 0 Å². The highest BCUT2D eigenvalue weighted by Gasteiger charge is 2.38. The van der Waals surface area contributed by atoms with E-state index in [1.807, 2.05) is 11.9 Å². The second-order valence-corrected chi connectivity index (χ2v) is 8.45. The Hall–Kier alpha value is -5.54. The molecule has 246 valence electrons. The number of nitrogens with two attached hydrogens (primary N) is 3. The number of benzene rings is 1. The summed E-state index contributed by atoms with van der Waals surface area (Å²) in [6, 6.07) is 5.70. The molecular weight excluding hydrogens is 628 g/mol. The number of hydrogen-bond donors (Lipinski definition) is 7. The smallest absolute Gasteiger partial charge is 0.480 e. The molecule has 0 spiro atoms. The number of aromatic nitrogens is 4. The van der Waals surface area contributed by atoms with Crippen molar-refractivity contribution in [2.24, 2.45) is 5.73 Å². The molecule has 3 aromatic rings. The Labute approximate surface area is 247 Å². The van der Waals surface area contributed by atoms with Crippen LogP contribution in [-0.4, -0.2) is 91.1 Å². The van der Waals surface area contributed by atoms with Crippen molar-refractivity contribution in [2.75, 3.05) is 30.0 Å². The van der Waals surface area contributed by atoms with Crippen LogP contribution < -0.4 is 27.4 Å². The molecule has 0 aliphatic rings. The normalized spacial score (nSPS) is 11.6. The van der Waals surface area contributed by atoms with Gasteiger partial charge in [0.15, 0.2) is 17.0 Å². The van der Waals surface area contributed by atoms with Crippen molar-refractivity contribution < 1.29 is 60.8 Å². The molecule has 0 bridgehead atoms. The quantitative estimate of drug-likeness (QED) is 0.167. The number of carboxylic acid groups (broad SMARTS) is 3. The maximum Gasteiger partial charge on any atom is 0.490 e. The zero-order valence-corrected chi connectivity index (χ0v) is 22.8. The monoisotopic (exact) mass is 653 g/mol. The molecule has 2 heterocycles. The molecule has 1 unspecified atom stereocenters. The van der Waals surface area contributed by atoms with Gasteiger partial charge in [-0.2, -0.15) is 36.3 Å². The van der Waals surface area contributed by atoms with Gasteiger partial charge in [0.2, 0.25) is 5.95 Å². The van der Waals surface area contributed by atoms with E-state index in [0.29, 0.717) is 29.0 Å². The lowest BCUT2D eigenvalue weighted by molar-refractivity contribution is -0.193.